The summed E-state index contributed by atoms with van der Waals surface area (Å²) in [7, 11) is 0. The van der Waals surface area contributed by atoms with Crippen molar-refractivity contribution < 1.29 is 139 Å². The molecule has 0 aliphatic rings. The van der Waals surface area contributed by atoms with Gasteiger partial charge in [-0.15, -0.1) is 0 Å². The topological polar surface area (TPSA) is 379 Å². The maximum Gasteiger partial charge on any atom is 0.215 e. The van der Waals surface area contributed by atoms with Gasteiger partial charge < -0.3 is 51.1 Å². The zero-order valence-corrected chi connectivity index (χ0v) is 23.4. The first kappa shape index (κ1) is 44.9. The van der Waals surface area contributed by atoms with Crippen LogP contribution in [0.25, 0.3) is 0 Å². The van der Waals surface area contributed by atoms with Gasteiger partial charge in [-0.2, -0.15) is 0 Å². The fourth-order valence-corrected chi connectivity index (χ4v) is 1.66. The number of rotatable bonds is 34. The first-order valence-corrected chi connectivity index (χ1v) is 12.3. The van der Waals surface area contributed by atoms with Crippen LogP contribution in [0, 0.1) is 0 Å². The molecule has 0 bridgehead atoms. The molecule has 0 aromatic carbocycles. The Kier molecular flexibility index (Phi) is 29.2. The van der Waals surface area contributed by atoms with Gasteiger partial charge in [0.15, 0.2) is 0 Å². The van der Waals surface area contributed by atoms with Gasteiger partial charge in [0.2, 0.25) is 56.6 Å². The highest BCUT2D eigenvalue weighted by molar-refractivity contribution is 4.36. The van der Waals surface area contributed by atoms with Gasteiger partial charge >= 0.3 is 0 Å². The van der Waals surface area contributed by atoms with Crippen molar-refractivity contribution in [3.05, 3.63) is 0 Å². The Morgan fingerprint density at radius 1 is 0.283 bits per heavy atom. The van der Waals surface area contributed by atoms with E-state index in [1.165, 1.54) is 0 Å². The molecule has 0 aliphatic carbocycles. The Bertz CT molecular complexity index is 600. The molecule has 0 radical (unpaired) electrons. The Hall–Kier alpha value is -1.12. The SMILES string of the molecule is OCC(O)OOCC(O)OOCC(O)OOCC(O)OOCC(O)OOCC(O)OOCC(O)OOCC(O)OOCC(O)OO. The molecule has 0 saturated carbocycles. The molecular weight excluding hydrogens is 664 g/mol. The third kappa shape index (κ3) is 29.1. The Morgan fingerprint density at radius 3 is 0.630 bits per heavy atom. The fourth-order valence-electron chi connectivity index (χ4n) is 1.66. The smallest absolute Gasteiger partial charge is 0.215 e. The average Bonchev–Trinajstić information content (AvgIpc) is 3.00. The highest BCUT2D eigenvalue weighted by atomic mass is 17.3. The van der Waals surface area contributed by atoms with Crippen molar-refractivity contribution in [1.82, 2.24) is 0 Å². The molecule has 0 aliphatic heterocycles. The molecule has 9 unspecified atom stereocenters. The first-order valence-electron chi connectivity index (χ1n) is 12.3. The summed E-state index contributed by atoms with van der Waals surface area (Å²) >= 11 is 0. The van der Waals surface area contributed by atoms with Crippen LogP contribution in [0.1, 0.15) is 0 Å². The number of hydrogen-bond donors (Lipinski definition) is 11. The molecular formula is C18H38O28. The van der Waals surface area contributed by atoms with Crippen LogP contribution in [-0.4, -0.2) is 172 Å². The molecule has 9 atom stereocenters. The van der Waals surface area contributed by atoms with E-state index in [1.54, 1.807) is 0 Å². The van der Waals surface area contributed by atoms with Gasteiger partial charge in [-0.25, -0.2) is 88.3 Å². The molecule has 0 rings (SSSR count). The van der Waals surface area contributed by atoms with Crippen LogP contribution in [0.2, 0.25) is 0 Å². The minimum absolute atomic E-state index is 0.644. The molecule has 28 nitrogen and oxygen atoms in total. The van der Waals surface area contributed by atoms with Crippen LogP contribution >= 0.6 is 0 Å². The molecule has 0 saturated heterocycles. The van der Waals surface area contributed by atoms with Crippen molar-refractivity contribution in [2.45, 2.75) is 56.6 Å². The zero-order chi connectivity index (χ0) is 34.6. The summed E-state index contributed by atoms with van der Waals surface area (Å²) in [5.41, 5.74) is 0. The van der Waals surface area contributed by atoms with Gasteiger partial charge in [0, 0.05) is 0 Å². The van der Waals surface area contributed by atoms with E-state index in [0.29, 0.717) is 0 Å². The minimum atomic E-state index is -1.81. The van der Waals surface area contributed by atoms with Crippen LogP contribution in [0.15, 0.2) is 0 Å². The lowest BCUT2D eigenvalue weighted by atomic mass is 10.7. The lowest BCUT2D eigenvalue weighted by Crippen LogP contribution is -2.29. The van der Waals surface area contributed by atoms with Crippen LogP contribution in [0.4, 0.5) is 0 Å². The van der Waals surface area contributed by atoms with Crippen molar-refractivity contribution in [2.24, 2.45) is 0 Å². The van der Waals surface area contributed by atoms with E-state index in [0.717, 1.165) is 0 Å². The number of aliphatic hydroxyl groups is 10. The predicted molar refractivity (Wildman–Crippen MR) is 121 cm³/mol. The predicted octanol–water partition coefficient (Wildman–Crippen LogP) is -7.08. The highest BCUT2D eigenvalue weighted by Gasteiger charge is 2.17. The van der Waals surface area contributed by atoms with Crippen molar-refractivity contribution >= 4 is 0 Å². The van der Waals surface area contributed by atoms with E-state index >= 15 is 0 Å². The van der Waals surface area contributed by atoms with E-state index < -0.39 is 116 Å². The standard InChI is InChI=1S/C18H38O28/c19-1-10(20)39-31-3-12(22)41-33-5-14(24)43-35-7-16(26)45-37-9-18(28)46-36-8-17(27)44-34-6-15(25)42-32-4-13(23)40-30-2-11(21)38-29/h10-29H,1-9H2. The van der Waals surface area contributed by atoms with E-state index in [4.69, 9.17) is 20.6 Å². The second-order valence-electron chi connectivity index (χ2n) is 7.43. The molecule has 0 heterocycles. The van der Waals surface area contributed by atoms with Gasteiger partial charge in [0.1, 0.15) is 52.9 Å². The maximum absolute atomic E-state index is 9.50. The zero-order valence-electron chi connectivity index (χ0n) is 23.4. The molecule has 0 aromatic rings. The van der Waals surface area contributed by atoms with Crippen molar-refractivity contribution in [3.63, 3.8) is 0 Å². The third-order valence-corrected chi connectivity index (χ3v) is 3.40. The maximum atomic E-state index is 9.50. The normalized spacial score (nSPS) is 18.1. The quantitative estimate of drug-likeness (QED) is 0.0168. The highest BCUT2D eigenvalue weighted by Crippen LogP contribution is 2.01. The summed E-state index contributed by atoms with van der Waals surface area (Å²) in [4.78, 5) is 73.1. The van der Waals surface area contributed by atoms with Gasteiger partial charge in [0.05, 0.1) is 6.61 Å². The van der Waals surface area contributed by atoms with E-state index in [2.05, 4.69) is 83.1 Å². The van der Waals surface area contributed by atoms with Crippen molar-refractivity contribution in [3.8, 4) is 0 Å². The van der Waals surface area contributed by atoms with Crippen LogP contribution in [0.3, 0.4) is 0 Å². The summed E-state index contributed by atoms with van der Waals surface area (Å²) in [5.74, 6) is 0. The Morgan fingerprint density at radius 2 is 0.457 bits per heavy atom. The number of hydrogen-bond acceptors (Lipinski definition) is 28. The van der Waals surface area contributed by atoms with Crippen molar-refractivity contribution in [1.29, 1.82) is 0 Å². The second-order valence-corrected chi connectivity index (χ2v) is 7.43. The molecule has 46 heavy (non-hydrogen) atoms. The molecule has 278 valence electrons. The molecule has 11 N–H and O–H groups in total. The fraction of sp³-hybridized carbons (Fsp3) is 1.00. The lowest BCUT2D eigenvalue weighted by molar-refractivity contribution is -0.469. The molecule has 0 amide bonds. The van der Waals surface area contributed by atoms with Crippen LogP contribution < -0.4 is 0 Å². The number of aliphatic hydroxyl groups excluding tert-OH is 10. The Balaban J connectivity index is 3.70. The molecule has 28 heteroatoms. The monoisotopic (exact) mass is 702 g/mol. The summed E-state index contributed by atoms with van der Waals surface area (Å²) in [6.07, 6.45) is -15.8. The van der Waals surface area contributed by atoms with Crippen LogP contribution in [0.5, 0.6) is 0 Å². The summed E-state index contributed by atoms with van der Waals surface area (Å²) in [6, 6.07) is 0. The van der Waals surface area contributed by atoms with Gasteiger partial charge in [-0.3, -0.25) is 0 Å². The minimum Gasteiger partial charge on any atom is -0.391 e. The summed E-state index contributed by atoms with van der Waals surface area (Å²) < 4.78 is 0. The van der Waals surface area contributed by atoms with Crippen LogP contribution in [-0.2, 0) is 83.1 Å². The van der Waals surface area contributed by atoms with E-state index in [1.807, 2.05) is 0 Å². The Labute approximate surface area is 256 Å². The van der Waals surface area contributed by atoms with Gasteiger partial charge in [-0.1, -0.05) is 0 Å². The summed E-state index contributed by atoms with van der Waals surface area (Å²) in [6.45, 7) is -6.41. The van der Waals surface area contributed by atoms with Crippen molar-refractivity contribution in [2.75, 3.05) is 59.5 Å². The first-order chi connectivity index (χ1) is 22.0. The molecule has 0 spiro atoms. The van der Waals surface area contributed by atoms with E-state index in [-0.39, 0.29) is 0 Å². The average molecular weight is 702 g/mol. The molecule has 0 aromatic heterocycles. The van der Waals surface area contributed by atoms with Gasteiger partial charge in [0.25, 0.3) is 0 Å². The summed E-state index contributed by atoms with van der Waals surface area (Å²) in [5, 5.41) is 100. The largest absolute Gasteiger partial charge is 0.391 e. The molecule has 0 fully saturated rings. The third-order valence-electron chi connectivity index (χ3n) is 3.40. The van der Waals surface area contributed by atoms with Gasteiger partial charge in [-0.05, 0) is 0 Å². The lowest BCUT2D eigenvalue weighted by Gasteiger charge is -2.16. The van der Waals surface area contributed by atoms with E-state index in [9.17, 15) is 35.7 Å². The second kappa shape index (κ2) is 30.0.